The summed E-state index contributed by atoms with van der Waals surface area (Å²) in [7, 11) is 0. The SMILES string of the molecule is CC(C)(C)c1ccc(-c2nc3scc(N)n3n2)cc1. The molecule has 0 aliphatic carbocycles. The quantitative estimate of drug-likeness (QED) is 0.739. The van der Waals surface area contributed by atoms with Gasteiger partial charge in [-0.1, -0.05) is 45.0 Å². The lowest BCUT2D eigenvalue weighted by atomic mass is 9.87. The minimum Gasteiger partial charge on any atom is -0.383 e. The highest BCUT2D eigenvalue weighted by Gasteiger charge is 2.14. The monoisotopic (exact) mass is 272 g/mol. The molecule has 0 bridgehead atoms. The number of hydrogen-bond acceptors (Lipinski definition) is 4. The maximum absolute atomic E-state index is 5.82. The number of aromatic nitrogens is 3. The molecule has 0 spiro atoms. The first-order valence-electron chi connectivity index (χ1n) is 6.16. The molecule has 0 saturated carbocycles. The Morgan fingerprint density at radius 2 is 1.84 bits per heavy atom. The first-order valence-corrected chi connectivity index (χ1v) is 7.04. The van der Waals surface area contributed by atoms with Gasteiger partial charge in [0.25, 0.3) is 0 Å². The number of hydrogen-bond donors (Lipinski definition) is 1. The zero-order chi connectivity index (χ0) is 13.6. The number of rotatable bonds is 1. The predicted molar refractivity (Wildman–Crippen MR) is 79.4 cm³/mol. The van der Waals surface area contributed by atoms with E-state index in [9.17, 15) is 0 Å². The lowest BCUT2D eigenvalue weighted by molar-refractivity contribution is 0.590. The van der Waals surface area contributed by atoms with Gasteiger partial charge >= 0.3 is 0 Å². The molecule has 0 unspecified atom stereocenters. The lowest BCUT2D eigenvalue weighted by Crippen LogP contribution is -2.10. The minimum absolute atomic E-state index is 0.158. The van der Waals surface area contributed by atoms with E-state index >= 15 is 0 Å². The van der Waals surface area contributed by atoms with Gasteiger partial charge in [0.05, 0.1) is 0 Å². The summed E-state index contributed by atoms with van der Waals surface area (Å²) in [4.78, 5) is 5.31. The van der Waals surface area contributed by atoms with Gasteiger partial charge in [0.2, 0.25) is 4.96 Å². The highest BCUT2D eigenvalue weighted by molar-refractivity contribution is 7.15. The van der Waals surface area contributed by atoms with Crippen LogP contribution in [0.3, 0.4) is 0 Å². The van der Waals surface area contributed by atoms with Gasteiger partial charge in [0, 0.05) is 10.9 Å². The van der Waals surface area contributed by atoms with Crippen LogP contribution < -0.4 is 5.73 Å². The zero-order valence-corrected chi connectivity index (χ0v) is 12.0. The van der Waals surface area contributed by atoms with Gasteiger partial charge < -0.3 is 5.73 Å². The summed E-state index contributed by atoms with van der Waals surface area (Å²) in [5, 5.41) is 6.27. The summed E-state index contributed by atoms with van der Waals surface area (Å²) in [6.07, 6.45) is 0. The molecule has 0 aliphatic heterocycles. The molecule has 0 amide bonds. The van der Waals surface area contributed by atoms with Crippen molar-refractivity contribution >= 4 is 22.1 Å². The van der Waals surface area contributed by atoms with Crippen molar-refractivity contribution in [2.45, 2.75) is 26.2 Å². The third kappa shape index (κ3) is 2.10. The van der Waals surface area contributed by atoms with Crippen LogP contribution in [0.2, 0.25) is 0 Å². The number of anilines is 1. The van der Waals surface area contributed by atoms with Crippen molar-refractivity contribution in [1.29, 1.82) is 0 Å². The third-order valence-electron chi connectivity index (χ3n) is 3.12. The summed E-state index contributed by atoms with van der Waals surface area (Å²) in [6.45, 7) is 6.61. The van der Waals surface area contributed by atoms with Gasteiger partial charge in [-0.15, -0.1) is 16.4 Å². The van der Waals surface area contributed by atoms with E-state index in [0.29, 0.717) is 5.82 Å². The van der Waals surface area contributed by atoms with E-state index < -0.39 is 0 Å². The maximum atomic E-state index is 5.82. The van der Waals surface area contributed by atoms with E-state index in [-0.39, 0.29) is 5.41 Å². The Morgan fingerprint density at radius 3 is 2.42 bits per heavy atom. The molecule has 2 aromatic heterocycles. The van der Waals surface area contributed by atoms with Crippen LogP contribution in [0, 0.1) is 0 Å². The van der Waals surface area contributed by atoms with Crippen molar-refractivity contribution in [1.82, 2.24) is 14.6 Å². The molecule has 1 aromatic carbocycles. The molecule has 0 fully saturated rings. The average molecular weight is 272 g/mol. The molecule has 4 nitrogen and oxygen atoms in total. The molecule has 3 aromatic rings. The zero-order valence-electron chi connectivity index (χ0n) is 11.2. The second-order valence-corrected chi connectivity index (χ2v) is 6.45. The molecule has 3 rings (SSSR count). The van der Waals surface area contributed by atoms with E-state index in [0.717, 1.165) is 16.3 Å². The molecule has 2 heterocycles. The van der Waals surface area contributed by atoms with E-state index in [1.54, 1.807) is 4.52 Å². The van der Waals surface area contributed by atoms with Crippen LogP contribution in [0.25, 0.3) is 16.3 Å². The van der Waals surface area contributed by atoms with Crippen molar-refractivity contribution in [2.24, 2.45) is 0 Å². The van der Waals surface area contributed by atoms with Gasteiger partial charge in [-0.05, 0) is 11.0 Å². The third-order valence-corrected chi connectivity index (χ3v) is 3.95. The van der Waals surface area contributed by atoms with Crippen molar-refractivity contribution in [3.8, 4) is 11.4 Å². The van der Waals surface area contributed by atoms with E-state index in [1.807, 2.05) is 5.38 Å². The predicted octanol–water partition coefficient (Wildman–Crippen LogP) is 3.34. The summed E-state index contributed by atoms with van der Waals surface area (Å²) in [5.74, 6) is 1.35. The van der Waals surface area contributed by atoms with Crippen LogP contribution in [0.5, 0.6) is 0 Å². The van der Waals surface area contributed by atoms with Crippen LogP contribution in [0.1, 0.15) is 26.3 Å². The standard InChI is InChI=1S/C14H16N4S/c1-14(2,3)10-6-4-9(5-7-10)12-16-13-18(17-12)11(15)8-19-13/h4-8H,15H2,1-3H3. The van der Waals surface area contributed by atoms with Crippen molar-refractivity contribution in [3.63, 3.8) is 0 Å². The molecule has 19 heavy (non-hydrogen) atoms. The molecular formula is C14H16N4S. The largest absolute Gasteiger partial charge is 0.383 e. The number of benzene rings is 1. The normalized spacial score (nSPS) is 12.2. The average Bonchev–Trinajstić information content (AvgIpc) is 2.91. The highest BCUT2D eigenvalue weighted by Crippen LogP contribution is 2.26. The van der Waals surface area contributed by atoms with Crippen molar-refractivity contribution in [3.05, 3.63) is 35.2 Å². The molecule has 2 N–H and O–H groups in total. The van der Waals surface area contributed by atoms with Crippen LogP contribution in [0.15, 0.2) is 29.6 Å². The second-order valence-electron chi connectivity index (χ2n) is 5.62. The van der Waals surface area contributed by atoms with Crippen molar-refractivity contribution in [2.75, 3.05) is 5.73 Å². The molecule has 0 radical (unpaired) electrons. The fourth-order valence-electron chi connectivity index (χ4n) is 1.95. The Hall–Kier alpha value is -1.88. The van der Waals surface area contributed by atoms with Crippen molar-refractivity contribution < 1.29 is 0 Å². The first-order chi connectivity index (χ1) is 8.95. The number of nitrogens with zero attached hydrogens (tertiary/aromatic N) is 3. The van der Waals surface area contributed by atoms with Gasteiger partial charge in [-0.25, -0.2) is 0 Å². The Balaban J connectivity index is 2.02. The lowest BCUT2D eigenvalue weighted by Gasteiger charge is -2.18. The molecule has 5 heteroatoms. The Labute approximate surface area is 115 Å². The minimum atomic E-state index is 0.158. The Morgan fingerprint density at radius 1 is 1.16 bits per heavy atom. The van der Waals surface area contributed by atoms with E-state index in [2.05, 4.69) is 55.1 Å². The fraction of sp³-hybridized carbons (Fsp3) is 0.286. The highest BCUT2D eigenvalue weighted by atomic mass is 32.1. The molecule has 98 valence electrons. The number of nitrogens with two attached hydrogens (primary N) is 1. The summed E-state index contributed by atoms with van der Waals surface area (Å²) < 4.78 is 1.68. The van der Waals surface area contributed by atoms with Gasteiger partial charge in [0.1, 0.15) is 5.82 Å². The van der Waals surface area contributed by atoms with Gasteiger partial charge in [0.15, 0.2) is 5.82 Å². The smallest absolute Gasteiger partial charge is 0.214 e. The topological polar surface area (TPSA) is 56.2 Å². The van der Waals surface area contributed by atoms with Crippen LogP contribution in [0.4, 0.5) is 5.82 Å². The Kier molecular flexibility index (Phi) is 2.60. The molecular weight excluding hydrogens is 256 g/mol. The fourth-order valence-corrected chi connectivity index (χ4v) is 2.66. The first kappa shape index (κ1) is 12.2. The van der Waals surface area contributed by atoms with E-state index in [4.69, 9.17) is 5.73 Å². The summed E-state index contributed by atoms with van der Waals surface area (Å²) in [5.41, 5.74) is 8.30. The second kappa shape index (κ2) is 4.06. The van der Waals surface area contributed by atoms with Crippen LogP contribution in [-0.2, 0) is 5.41 Å². The van der Waals surface area contributed by atoms with E-state index in [1.165, 1.54) is 16.9 Å². The van der Waals surface area contributed by atoms with Gasteiger partial charge in [-0.3, -0.25) is 0 Å². The summed E-state index contributed by atoms with van der Waals surface area (Å²) >= 11 is 1.50. The summed E-state index contributed by atoms with van der Waals surface area (Å²) in [6, 6.07) is 8.40. The number of thiazole rings is 1. The number of nitrogen functional groups attached to an aromatic ring is 1. The van der Waals surface area contributed by atoms with Crippen LogP contribution in [-0.4, -0.2) is 14.6 Å². The maximum Gasteiger partial charge on any atom is 0.214 e. The molecule has 0 atom stereocenters. The van der Waals surface area contributed by atoms with Gasteiger partial charge in [-0.2, -0.15) is 9.50 Å². The molecule has 0 aliphatic rings. The van der Waals surface area contributed by atoms with Crippen LogP contribution >= 0.6 is 11.3 Å². The molecule has 0 saturated heterocycles. The number of fused-ring (bicyclic) bond motifs is 1. The Bertz CT molecular complexity index is 716.